The molecule has 26 heavy (non-hydrogen) atoms. The van der Waals surface area contributed by atoms with Crippen molar-refractivity contribution in [3.63, 3.8) is 0 Å². The normalized spacial score (nSPS) is 15.2. The summed E-state index contributed by atoms with van der Waals surface area (Å²) in [5.74, 6) is 1.69. The Bertz CT molecular complexity index is 947. The van der Waals surface area contributed by atoms with Crippen LogP contribution >= 0.6 is 0 Å². The lowest BCUT2D eigenvalue weighted by atomic mass is 9.93. The van der Waals surface area contributed by atoms with Crippen molar-refractivity contribution in [3.8, 4) is 11.4 Å². The molecule has 0 amide bonds. The van der Waals surface area contributed by atoms with Crippen molar-refractivity contribution in [2.75, 3.05) is 18.0 Å². The predicted octanol–water partition coefficient (Wildman–Crippen LogP) is 2.31. The summed E-state index contributed by atoms with van der Waals surface area (Å²) in [7, 11) is 0. The zero-order chi connectivity index (χ0) is 17.9. The fourth-order valence-corrected chi connectivity index (χ4v) is 3.34. The molecule has 1 aliphatic heterocycles. The van der Waals surface area contributed by atoms with Crippen molar-refractivity contribution in [2.24, 2.45) is 0 Å². The van der Waals surface area contributed by atoms with Crippen LogP contribution in [0, 0.1) is 6.92 Å². The van der Waals surface area contributed by atoms with Gasteiger partial charge in [0.25, 0.3) is 5.56 Å². The zero-order valence-electron chi connectivity index (χ0n) is 14.6. The van der Waals surface area contributed by atoms with Gasteiger partial charge in [0, 0.05) is 37.5 Å². The second-order valence-corrected chi connectivity index (χ2v) is 6.47. The van der Waals surface area contributed by atoms with Gasteiger partial charge in [-0.15, -0.1) is 0 Å². The average molecular weight is 348 g/mol. The zero-order valence-corrected chi connectivity index (χ0v) is 14.6. The highest BCUT2D eigenvalue weighted by atomic mass is 16.1. The van der Waals surface area contributed by atoms with E-state index in [0.717, 1.165) is 49.0 Å². The topological polar surface area (TPSA) is 87.7 Å². The largest absolute Gasteiger partial charge is 0.341 e. The Balaban J connectivity index is 1.49. The fraction of sp³-hybridized carbons (Fsp3) is 0.316. The van der Waals surface area contributed by atoms with Crippen molar-refractivity contribution in [2.45, 2.75) is 25.7 Å². The van der Waals surface area contributed by atoms with Gasteiger partial charge in [-0.3, -0.25) is 9.78 Å². The molecule has 4 heterocycles. The highest BCUT2D eigenvalue weighted by molar-refractivity contribution is 5.55. The van der Waals surface area contributed by atoms with Gasteiger partial charge in [0.05, 0.1) is 17.1 Å². The third-order valence-electron chi connectivity index (χ3n) is 4.65. The van der Waals surface area contributed by atoms with Crippen LogP contribution < -0.4 is 10.5 Å². The van der Waals surface area contributed by atoms with E-state index in [0.29, 0.717) is 11.7 Å². The number of hydrogen-bond donors (Lipinski definition) is 1. The lowest BCUT2D eigenvalue weighted by Crippen LogP contribution is -2.34. The van der Waals surface area contributed by atoms with Crippen LogP contribution in [0.5, 0.6) is 0 Å². The first-order chi connectivity index (χ1) is 12.7. The van der Waals surface area contributed by atoms with E-state index < -0.39 is 0 Å². The Hall–Kier alpha value is -3.09. The lowest BCUT2D eigenvalue weighted by Gasteiger charge is -2.31. The number of nitrogens with one attached hydrogen (secondary N) is 1. The van der Waals surface area contributed by atoms with E-state index in [1.807, 2.05) is 31.2 Å². The van der Waals surface area contributed by atoms with E-state index in [-0.39, 0.29) is 5.56 Å². The van der Waals surface area contributed by atoms with Crippen LogP contribution in [-0.2, 0) is 0 Å². The fourth-order valence-electron chi connectivity index (χ4n) is 3.34. The van der Waals surface area contributed by atoms with Gasteiger partial charge in [0.1, 0.15) is 5.82 Å². The molecule has 7 heteroatoms. The molecule has 0 saturated carbocycles. The van der Waals surface area contributed by atoms with Crippen LogP contribution in [0.15, 0.2) is 47.5 Å². The van der Waals surface area contributed by atoms with E-state index in [2.05, 4.69) is 29.8 Å². The highest BCUT2D eigenvalue weighted by Crippen LogP contribution is 2.28. The van der Waals surface area contributed by atoms with Crippen LogP contribution in [0.3, 0.4) is 0 Å². The molecule has 0 aromatic carbocycles. The maximum atomic E-state index is 11.7. The Morgan fingerprint density at radius 2 is 1.88 bits per heavy atom. The summed E-state index contributed by atoms with van der Waals surface area (Å²) >= 11 is 0. The molecule has 4 rings (SSSR count). The van der Waals surface area contributed by atoms with Crippen molar-refractivity contribution < 1.29 is 0 Å². The summed E-state index contributed by atoms with van der Waals surface area (Å²) in [5, 5.41) is 0. The number of hydrogen-bond acceptors (Lipinski definition) is 6. The molecular weight excluding hydrogens is 328 g/mol. The van der Waals surface area contributed by atoms with Gasteiger partial charge in [-0.25, -0.2) is 15.0 Å². The van der Waals surface area contributed by atoms with Gasteiger partial charge in [-0.05, 0) is 38.0 Å². The van der Waals surface area contributed by atoms with Crippen LogP contribution in [-0.4, -0.2) is 38.0 Å². The number of rotatable bonds is 3. The average Bonchev–Trinajstić information content (AvgIpc) is 2.68. The number of H-pyrrole nitrogens is 1. The van der Waals surface area contributed by atoms with Crippen molar-refractivity contribution >= 4 is 5.95 Å². The summed E-state index contributed by atoms with van der Waals surface area (Å²) in [4.78, 5) is 34.5. The second-order valence-electron chi connectivity index (χ2n) is 6.47. The Kier molecular flexibility index (Phi) is 4.43. The van der Waals surface area contributed by atoms with Gasteiger partial charge >= 0.3 is 0 Å². The lowest BCUT2D eigenvalue weighted by molar-refractivity contribution is 0.488. The summed E-state index contributed by atoms with van der Waals surface area (Å²) in [6, 6.07) is 9.28. The quantitative estimate of drug-likeness (QED) is 0.781. The van der Waals surface area contributed by atoms with Gasteiger partial charge in [0.15, 0.2) is 0 Å². The summed E-state index contributed by atoms with van der Waals surface area (Å²) in [5.41, 5.74) is 2.47. The Morgan fingerprint density at radius 3 is 2.62 bits per heavy atom. The van der Waals surface area contributed by atoms with Crippen molar-refractivity contribution in [1.29, 1.82) is 0 Å². The van der Waals surface area contributed by atoms with Crippen LogP contribution in [0.4, 0.5) is 5.95 Å². The van der Waals surface area contributed by atoms with E-state index in [1.165, 1.54) is 0 Å². The smallest absolute Gasteiger partial charge is 0.251 e. The van der Waals surface area contributed by atoms with Gasteiger partial charge in [-0.2, -0.15) is 0 Å². The molecule has 0 aliphatic carbocycles. The molecule has 3 aromatic rings. The summed E-state index contributed by atoms with van der Waals surface area (Å²) < 4.78 is 0. The molecule has 0 atom stereocenters. The number of aryl methyl sites for hydroxylation is 1. The second kappa shape index (κ2) is 7.03. The number of aromatic amines is 1. The minimum atomic E-state index is -0.0821. The third kappa shape index (κ3) is 3.46. The third-order valence-corrected chi connectivity index (χ3v) is 4.65. The molecule has 0 bridgehead atoms. The monoisotopic (exact) mass is 348 g/mol. The summed E-state index contributed by atoms with van der Waals surface area (Å²) in [6.07, 6.45) is 5.39. The number of aromatic nitrogens is 5. The molecule has 1 fully saturated rings. The molecule has 3 aromatic heterocycles. The van der Waals surface area contributed by atoms with Gasteiger partial charge in [-0.1, -0.05) is 6.07 Å². The predicted molar refractivity (Wildman–Crippen MR) is 99.0 cm³/mol. The van der Waals surface area contributed by atoms with Crippen LogP contribution in [0.2, 0.25) is 0 Å². The first-order valence-corrected chi connectivity index (χ1v) is 8.76. The molecule has 1 saturated heterocycles. The van der Waals surface area contributed by atoms with Gasteiger partial charge in [0.2, 0.25) is 5.95 Å². The van der Waals surface area contributed by atoms with Gasteiger partial charge < -0.3 is 9.88 Å². The molecular formula is C19H20N6O. The minimum Gasteiger partial charge on any atom is -0.341 e. The Labute approximate surface area is 151 Å². The van der Waals surface area contributed by atoms with Crippen LogP contribution in [0.1, 0.15) is 30.3 Å². The molecule has 1 N–H and O–H groups in total. The number of piperidine rings is 1. The van der Waals surface area contributed by atoms with E-state index in [1.54, 1.807) is 18.5 Å². The number of pyridine rings is 1. The number of nitrogens with zero attached hydrogens (tertiary/aromatic N) is 5. The maximum absolute atomic E-state index is 11.7. The SMILES string of the molecule is Cc1nc(C2CCN(c3nccc(-c4ccccn4)n3)CC2)cc(=O)[nH]1. The maximum Gasteiger partial charge on any atom is 0.251 e. The molecule has 132 valence electrons. The number of anilines is 1. The van der Waals surface area contributed by atoms with E-state index in [4.69, 9.17) is 0 Å². The molecule has 7 nitrogen and oxygen atoms in total. The minimum absolute atomic E-state index is 0.0821. The van der Waals surface area contributed by atoms with Crippen molar-refractivity contribution in [1.82, 2.24) is 24.9 Å². The standard InChI is InChI=1S/C19H20N6O/c1-13-22-17(12-18(26)23-13)14-6-10-25(11-7-14)19-21-9-5-16(24-19)15-4-2-3-8-20-15/h2-5,8-9,12,14H,6-7,10-11H2,1H3,(H,22,23,26). The molecule has 1 aliphatic rings. The molecule has 0 radical (unpaired) electrons. The van der Waals surface area contributed by atoms with Crippen molar-refractivity contribution in [3.05, 3.63) is 64.6 Å². The first-order valence-electron chi connectivity index (χ1n) is 8.76. The Morgan fingerprint density at radius 1 is 1.04 bits per heavy atom. The first kappa shape index (κ1) is 16.4. The van der Waals surface area contributed by atoms with E-state index in [9.17, 15) is 4.79 Å². The van der Waals surface area contributed by atoms with Crippen LogP contribution in [0.25, 0.3) is 11.4 Å². The molecule has 0 spiro atoms. The summed E-state index contributed by atoms with van der Waals surface area (Å²) in [6.45, 7) is 3.49. The van der Waals surface area contributed by atoms with E-state index >= 15 is 0 Å². The molecule has 0 unspecified atom stereocenters. The highest BCUT2D eigenvalue weighted by Gasteiger charge is 2.24.